The number of hydrogen-bond donors (Lipinski definition) is 2. The van der Waals surface area contributed by atoms with E-state index in [1.807, 2.05) is 13.8 Å². The minimum absolute atomic E-state index is 0.119. The normalized spacial score (nSPS) is 13.2. The lowest BCUT2D eigenvalue weighted by Gasteiger charge is -2.28. The molecule has 0 aliphatic heterocycles. The highest BCUT2D eigenvalue weighted by atomic mass is 35.5. The summed E-state index contributed by atoms with van der Waals surface area (Å²) in [5, 5.41) is 5.33. The summed E-state index contributed by atoms with van der Waals surface area (Å²) in [6, 6.07) is 12.2. The second-order valence-electron chi connectivity index (χ2n) is 7.46. The average molecular weight is 467 g/mol. The minimum Gasteiger partial charge on any atom is -0.434 e. The van der Waals surface area contributed by atoms with Gasteiger partial charge < -0.3 is 15.4 Å². The van der Waals surface area contributed by atoms with Crippen LogP contribution in [0.4, 0.5) is 13.6 Å². The number of halogens is 3. The number of carbonyl (C=O) groups is 2. The predicted octanol–water partition coefficient (Wildman–Crippen LogP) is 5.98. The van der Waals surface area contributed by atoms with E-state index in [1.165, 1.54) is 30.3 Å². The standard InChI is InChI=1S/C24H29ClF2N2O3/c1-3-5-14-20(22(30)28-15-4-2)29-23(31)32-21(17-10-7-6-8-11-17)24(26,27)18-12-9-13-19(25)16-18/h6-13,16,20-21H,3-5,14-15H2,1-2H3,(H,28,30)(H,29,31)/t20-,21?/m0/s1. The molecule has 0 fully saturated rings. The second kappa shape index (κ2) is 12.4. The van der Waals surface area contributed by atoms with Gasteiger partial charge in [0.25, 0.3) is 0 Å². The maximum Gasteiger partial charge on any atom is 0.408 e. The minimum atomic E-state index is -3.56. The van der Waals surface area contributed by atoms with E-state index in [2.05, 4.69) is 10.6 Å². The highest BCUT2D eigenvalue weighted by Crippen LogP contribution is 2.43. The van der Waals surface area contributed by atoms with E-state index < -0.39 is 24.2 Å². The van der Waals surface area contributed by atoms with Crippen LogP contribution in [0.5, 0.6) is 0 Å². The Labute approximate surface area is 192 Å². The number of amides is 2. The summed E-state index contributed by atoms with van der Waals surface area (Å²) in [7, 11) is 0. The highest BCUT2D eigenvalue weighted by Gasteiger charge is 2.45. The maximum absolute atomic E-state index is 15.5. The first-order chi connectivity index (χ1) is 15.3. The molecule has 2 atom stereocenters. The summed E-state index contributed by atoms with van der Waals surface area (Å²) in [5.41, 5.74) is -0.261. The number of nitrogens with one attached hydrogen (secondary N) is 2. The number of hydrogen-bond acceptors (Lipinski definition) is 3. The van der Waals surface area contributed by atoms with Gasteiger partial charge in [0.1, 0.15) is 6.04 Å². The van der Waals surface area contributed by atoms with Crippen molar-refractivity contribution >= 4 is 23.6 Å². The molecule has 174 valence electrons. The Bertz CT molecular complexity index is 881. The number of alkyl carbamates (subject to hydrolysis) is 1. The van der Waals surface area contributed by atoms with Gasteiger partial charge in [-0.1, -0.05) is 80.8 Å². The first-order valence-corrected chi connectivity index (χ1v) is 11.1. The molecule has 0 aliphatic rings. The van der Waals surface area contributed by atoms with Gasteiger partial charge in [0, 0.05) is 17.1 Å². The third kappa shape index (κ3) is 7.19. The van der Waals surface area contributed by atoms with Crippen LogP contribution in [0.15, 0.2) is 54.6 Å². The van der Waals surface area contributed by atoms with Gasteiger partial charge in [-0.25, -0.2) is 4.79 Å². The molecular weight excluding hydrogens is 438 g/mol. The summed E-state index contributed by atoms with van der Waals surface area (Å²) in [5.74, 6) is -3.93. The molecule has 0 radical (unpaired) electrons. The number of benzene rings is 2. The topological polar surface area (TPSA) is 67.4 Å². The van der Waals surface area contributed by atoms with E-state index >= 15 is 8.78 Å². The molecule has 0 aromatic heterocycles. The average Bonchev–Trinajstić information content (AvgIpc) is 2.79. The van der Waals surface area contributed by atoms with Gasteiger partial charge in [-0.15, -0.1) is 0 Å². The Balaban J connectivity index is 2.26. The largest absolute Gasteiger partial charge is 0.434 e. The van der Waals surface area contributed by atoms with Gasteiger partial charge >= 0.3 is 12.0 Å². The lowest BCUT2D eigenvalue weighted by atomic mass is 9.97. The van der Waals surface area contributed by atoms with Crippen LogP contribution in [-0.4, -0.2) is 24.6 Å². The van der Waals surface area contributed by atoms with Crippen LogP contribution < -0.4 is 10.6 Å². The smallest absolute Gasteiger partial charge is 0.408 e. The van der Waals surface area contributed by atoms with Gasteiger partial charge in [-0.2, -0.15) is 8.78 Å². The van der Waals surface area contributed by atoms with Crippen molar-refractivity contribution in [1.82, 2.24) is 10.6 Å². The molecule has 1 unspecified atom stereocenters. The van der Waals surface area contributed by atoms with E-state index in [1.54, 1.807) is 18.2 Å². The molecule has 8 heteroatoms. The van der Waals surface area contributed by atoms with E-state index in [0.717, 1.165) is 18.9 Å². The number of rotatable bonds is 11. The molecule has 2 amide bonds. The molecule has 0 heterocycles. The molecule has 2 rings (SSSR count). The fourth-order valence-electron chi connectivity index (χ4n) is 3.16. The van der Waals surface area contributed by atoms with Crippen molar-refractivity contribution in [2.45, 2.75) is 57.6 Å². The van der Waals surface area contributed by atoms with Crippen LogP contribution >= 0.6 is 11.6 Å². The number of carbonyl (C=O) groups excluding carboxylic acids is 2. The first kappa shape index (κ1) is 25.6. The zero-order valence-electron chi connectivity index (χ0n) is 18.2. The Kier molecular flexibility index (Phi) is 9.91. The van der Waals surface area contributed by atoms with Crippen LogP contribution in [-0.2, 0) is 15.5 Å². The maximum atomic E-state index is 15.5. The quantitative estimate of drug-likeness (QED) is 0.427. The second-order valence-corrected chi connectivity index (χ2v) is 7.90. The lowest BCUT2D eigenvalue weighted by Crippen LogP contribution is -2.47. The molecule has 0 spiro atoms. The summed E-state index contributed by atoms with van der Waals surface area (Å²) in [6.07, 6.45) is -0.388. The van der Waals surface area contributed by atoms with Gasteiger partial charge in [0.2, 0.25) is 5.91 Å². The van der Waals surface area contributed by atoms with Crippen LogP contribution in [0.1, 0.15) is 56.8 Å². The Morgan fingerprint density at radius 3 is 2.41 bits per heavy atom. The van der Waals surface area contributed by atoms with Gasteiger partial charge in [-0.3, -0.25) is 4.79 Å². The van der Waals surface area contributed by atoms with Crippen molar-refractivity contribution in [3.63, 3.8) is 0 Å². The Morgan fingerprint density at radius 2 is 1.78 bits per heavy atom. The van der Waals surface area contributed by atoms with E-state index in [9.17, 15) is 9.59 Å². The molecule has 2 N–H and O–H groups in total. The molecular formula is C24H29ClF2N2O3. The molecule has 0 saturated carbocycles. The van der Waals surface area contributed by atoms with Crippen molar-refractivity contribution < 1.29 is 23.1 Å². The SMILES string of the molecule is CCCC[C@H](NC(=O)OC(c1ccccc1)C(F)(F)c1cccc(Cl)c1)C(=O)NCCC. The van der Waals surface area contributed by atoms with E-state index in [-0.39, 0.29) is 22.1 Å². The number of ether oxygens (including phenoxy) is 1. The fourth-order valence-corrected chi connectivity index (χ4v) is 3.35. The lowest BCUT2D eigenvalue weighted by molar-refractivity contribution is -0.126. The molecule has 32 heavy (non-hydrogen) atoms. The molecule has 2 aromatic rings. The van der Waals surface area contributed by atoms with Crippen molar-refractivity contribution in [2.75, 3.05) is 6.54 Å². The molecule has 2 aromatic carbocycles. The van der Waals surface area contributed by atoms with Crippen LogP contribution in [0.25, 0.3) is 0 Å². The number of alkyl halides is 2. The van der Waals surface area contributed by atoms with Crippen LogP contribution in [0.2, 0.25) is 5.02 Å². The molecule has 0 saturated heterocycles. The fraction of sp³-hybridized carbons (Fsp3) is 0.417. The molecule has 5 nitrogen and oxygen atoms in total. The van der Waals surface area contributed by atoms with Crippen LogP contribution in [0, 0.1) is 0 Å². The number of unbranched alkanes of at least 4 members (excludes halogenated alkanes) is 1. The van der Waals surface area contributed by atoms with Gasteiger partial charge in [0.05, 0.1) is 0 Å². The summed E-state index contributed by atoms with van der Waals surface area (Å²) >= 11 is 5.90. The van der Waals surface area contributed by atoms with E-state index in [0.29, 0.717) is 19.4 Å². The third-order valence-electron chi connectivity index (χ3n) is 4.87. The Hall–Kier alpha value is -2.67. The monoisotopic (exact) mass is 466 g/mol. The summed E-state index contributed by atoms with van der Waals surface area (Å²) < 4.78 is 36.2. The van der Waals surface area contributed by atoms with Crippen molar-refractivity contribution in [2.24, 2.45) is 0 Å². The predicted molar refractivity (Wildman–Crippen MR) is 121 cm³/mol. The van der Waals surface area contributed by atoms with Crippen LogP contribution in [0.3, 0.4) is 0 Å². The Morgan fingerprint density at radius 1 is 1.06 bits per heavy atom. The van der Waals surface area contributed by atoms with Crippen molar-refractivity contribution in [3.8, 4) is 0 Å². The summed E-state index contributed by atoms with van der Waals surface area (Å²) in [6.45, 7) is 4.32. The van der Waals surface area contributed by atoms with Gasteiger partial charge in [-0.05, 0) is 30.5 Å². The first-order valence-electron chi connectivity index (χ1n) is 10.7. The zero-order valence-corrected chi connectivity index (χ0v) is 19.0. The molecule has 0 aliphatic carbocycles. The van der Waals surface area contributed by atoms with Gasteiger partial charge in [0.15, 0.2) is 6.10 Å². The van der Waals surface area contributed by atoms with E-state index in [4.69, 9.17) is 16.3 Å². The molecule has 0 bridgehead atoms. The highest BCUT2D eigenvalue weighted by molar-refractivity contribution is 6.30. The van der Waals surface area contributed by atoms with Crippen molar-refractivity contribution in [3.05, 3.63) is 70.7 Å². The summed E-state index contributed by atoms with van der Waals surface area (Å²) in [4.78, 5) is 25.1. The van der Waals surface area contributed by atoms with Crippen molar-refractivity contribution in [1.29, 1.82) is 0 Å². The zero-order chi connectivity index (χ0) is 23.6. The third-order valence-corrected chi connectivity index (χ3v) is 5.11.